The van der Waals surface area contributed by atoms with Crippen LogP contribution in [0.15, 0.2) is 0 Å². The fourth-order valence-corrected chi connectivity index (χ4v) is 5.22. The van der Waals surface area contributed by atoms with Gasteiger partial charge in [0.15, 0.2) is 6.29 Å². The number of esters is 1. The summed E-state index contributed by atoms with van der Waals surface area (Å²) in [6.07, 6.45) is 4.39. The van der Waals surface area contributed by atoms with Gasteiger partial charge in [0.1, 0.15) is 18.3 Å². The van der Waals surface area contributed by atoms with Gasteiger partial charge in [-0.05, 0) is 44.9 Å². The van der Waals surface area contributed by atoms with E-state index in [0.717, 1.165) is 44.9 Å². The first kappa shape index (κ1) is 31.4. The first-order chi connectivity index (χ1) is 17.4. The molecule has 0 aromatic heterocycles. The van der Waals surface area contributed by atoms with Gasteiger partial charge in [-0.25, -0.2) is 0 Å². The molecule has 0 bridgehead atoms. The Morgan fingerprint density at radius 3 is 1.92 bits per heavy atom. The van der Waals surface area contributed by atoms with Crippen molar-refractivity contribution in [2.75, 3.05) is 26.9 Å². The van der Waals surface area contributed by atoms with Gasteiger partial charge < -0.3 is 33.5 Å². The number of ether oxygens (including phenoxy) is 6. The van der Waals surface area contributed by atoms with E-state index in [1.807, 2.05) is 6.92 Å². The molecule has 1 aliphatic heterocycles. The van der Waals surface area contributed by atoms with Gasteiger partial charge in [-0.2, -0.15) is 0 Å². The van der Waals surface area contributed by atoms with E-state index < -0.39 is 24.6 Å². The Labute approximate surface area is 218 Å². The predicted molar refractivity (Wildman–Crippen MR) is 138 cm³/mol. The molecule has 1 heterocycles. The van der Waals surface area contributed by atoms with E-state index in [1.165, 1.54) is 7.11 Å². The fraction of sp³-hybridized carbons (Fsp3) is 0.964. The molecule has 9 atom stereocenters. The summed E-state index contributed by atoms with van der Waals surface area (Å²) < 4.78 is 37.0. The summed E-state index contributed by atoms with van der Waals surface area (Å²) in [7, 11) is 1.39. The van der Waals surface area contributed by atoms with Crippen LogP contribution >= 0.6 is 0 Å². The van der Waals surface area contributed by atoms with Gasteiger partial charge >= 0.3 is 5.97 Å². The molecule has 1 aliphatic carbocycles. The zero-order chi connectivity index (χ0) is 26.5. The Bertz CT molecular complexity index is 602. The lowest BCUT2D eigenvalue weighted by atomic mass is 9.76. The Balaban J connectivity index is 2.24. The number of aliphatic hydroxyl groups is 1. The zero-order valence-electron chi connectivity index (χ0n) is 23.5. The van der Waals surface area contributed by atoms with Crippen LogP contribution in [0.4, 0.5) is 0 Å². The van der Waals surface area contributed by atoms with Crippen LogP contribution in [-0.2, 0) is 33.2 Å². The first-order valence-corrected chi connectivity index (χ1v) is 14.3. The predicted octanol–water partition coefficient (Wildman–Crippen LogP) is 4.64. The summed E-state index contributed by atoms with van der Waals surface area (Å²) in [6.45, 7) is 12.3. The molecule has 0 aromatic carbocycles. The maximum atomic E-state index is 12.2. The number of hydrogen-bond acceptors (Lipinski definition) is 8. The maximum Gasteiger partial charge on any atom is 0.308 e. The van der Waals surface area contributed by atoms with E-state index in [2.05, 4.69) is 27.7 Å². The largest absolute Gasteiger partial charge is 0.469 e. The van der Waals surface area contributed by atoms with Crippen LogP contribution in [0.2, 0.25) is 0 Å². The van der Waals surface area contributed by atoms with Crippen molar-refractivity contribution < 1.29 is 38.3 Å². The lowest BCUT2D eigenvalue weighted by molar-refractivity contribution is -0.335. The molecule has 1 saturated carbocycles. The molecule has 2 rings (SSSR count). The second-order valence-corrected chi connectivity index (χ2v) is 10.3. The third-order valence-electron chi connectivity index (χ3n) is 7.46. The minimum Gasteiger partial charge on any atom is -0.469 e. The number of carbonyl (C=O) groups is 1. The number of carbonyl (C=O) groups excluding carboxylic acids is 1. The standard InChI is InChI=1S/C28H52O8/c1-7-11-14-32-23-19(5)35-28(26(34-16-13-9-3)25(23)33-15-12-8-2)36-24-20(10-4)17-21(18-22(24)29)27(30)31-6/h19-26,28-29H,7-18H2,1-6H3/t19?,20?,21?,22-,23-,24?,25?,26?,28?/m1/s1. The zero-order valence-corrected chi connectivity index (χ0v) is 23.5. The van der Waals surface area contributed by atoms with Gasteiger partial charge in [0.2, 0.25) is 0 Å². The summed E-state index contributed by atoms with van der Waals surface area (Å²) in [4.78, 5) is 12.2. The van der Waals surface area contributed by atoms with Crippen LogP contribution < -0.4 is 0 Å². The first-order valence-electron chi connectivity index (χ1n) is 14.3. The molecule has 0 spiro atoms. The molecule has 36 heavy (non-hydrogen) atoms. The molecule has 2 fully saturated rings. The van der Waals surface area contributed by atoms with Crippen molar-refractivity contribution >= 4 is 5.97 Å². The van der Waals surface area contributed by atoms with Crippen molar-refractivity contribution in [3.63, 3.8) is 0 Å². The Kier molecular flexibility index (Phi) is 14.8. The van der Waals surface area contributed by atoms with E-state index in [-0.39, 0.29) is 36.1 Å². The molecular formula is C28H52O8. The van der Waals surface area contributed by atoms with E-state index >= 15 is 0 Å². The van der Waals surface area contributed by atoms with E-state index in [0.29, 0.717) is 32.7 Å². The Hall–Kier alpha value is -0.770. The third-order valence-corrected chi connectivity index (χ3v) is 7.46. The van der Waals surface area contributed by atoms with Gasteiger partial charge in [0, 0.05) is 19.8 Å². The van der Waals surface area contributed by atoms with Gasteiger partial charge in [-0.15, -0.1) is 0 Å². The van der Waals surface area contributed by atoms with Crippen molar-refractivity contribution in [3.8, 4) is 0 Å². The highest BCUT2D eigenvalue weighted by atomic mass is 16.7. The van der Waals surface area contributed by atoms with Crippen molar-refractivity contribution in [2.24, 2.45) is 11.8 Å². The normalized spacial score (nSPS) is 35.0. The number of unbranched alkanes of at least 4 members (excludes halogenated alkanes) is 3. The van der Waals surface area contributed by atoms with E-state index in [1.54, 1.807) is 0 Å². The summed E-state index contributed by atoms with van der Waals surface area (Å²) in [5, 5.41) is 11.0. The Morgan fingerprint density at radius 1 is 0.833 bits per heavy atom. The van der Waals surface area contributed by atoms with Crippen LogP contribution in [0.5, 0.6) is 0 Å². The molecule has 2 aliphatic rings. The Morgan fingerprint density at radius 2 is 1.39 bits per heavy atom. The quantitative estimate of drug-likeness (QED) is 0.234. The number of aliphatic hydroxyl groups excluding tert-OH is 1. The minimum absolute atomic E-state index is 0.00559. The second-order valence-electron chi connectivity index (χ2n) is 10.3. The fourth-order valence-electron chi connectivity index (χ4n) is 5.22. The SMILES string of the molecule is CCCCOC1C(OC2C(CC)CC(C(=O)OC)C[C@H]2O)OC(C)[C@@H](OCCCC)C1OCCCC. The summed E-state index contributed by atoms with van der Waals surface area (Å²) in [6, 6.07) is 0. The van der Waals surface area contributed by atoms with Crippen LogP contribution in [0, 0.1) is 11.8 Å². The summed E-state index contributed by atoms with van der Waals surface area (Å²) in [5.41, 5.74) is 0. The van der Waals surface area contributed by atoms with Gasteiger partial charge in [-0.3, -0.25) is 4.79 Å². The molecule has 0 amide bonds. The molecule has 8 nitrogen and oxygen atoms in total. The van der Waals surface area contributed by atoms with Crippen LogP contribution in [0.1, 0.15) is 92.4 Å². The molecule has 0 aromatic rings. The topological polar surface area (TPSA) is 92.7 Å². The third kappa shape index (κ3) is 8.91. The van der Waals surface area contributed by atoms with Gasteiger partial charge in [-0.1, -0.05) is 53.4 Å². The van der Waals surface area contributed by atoms with Gasteiger partial charge in [0.05, 0.1) is 31.3 Å². The van der Waals surface area contributed by atoms with Crippen molar-refractivity contribution in [3.05, 3.63) is 0 Å². The van der Waals surface area contributed by atoms with Gasteiger partial charge in [0.25, 0.3) is 0 Å². The van der Waals surface area contributed by atoms with Crippen molar-refractivity contribution in [1.29, 1.82) is 0 Å². The number of methoxy groups -OCH3 is 1. The lowest BCUT2D eigenvalue weighted by Crippen LogP contribution is -2.62. The minimum atomic E-state index is -0.791. The summed E-state index contributed by atoms with van der Waals surface area (Å²) in [5.74, 6) is -0.587. The molecule has 8 heteroatoms. The highest BCUT2D eigenvalue weighted by Crippen LogP contribution is 2.37. The highest BCUT2D eigenvalue weighted by molar-refractivity contribution is 5.72. The summed E-state index contributed by atoms with van der Waals surface area (Å²) >= 11 is 0. The monoisotopic (exact) mass is 516 g/mol. The van der Waals surface area contributed by atoms with E-state index in [4.69, 9.17) is 28.4 Å². The lowest BCUT2D eigenvalue weighted by Gasteiger charge is -2.47. The van der Waals surface area contributed by atoms with Crippen molar-refractivity contribution in [2.45, 2.75) is 135 Å². The number of rotatable bonds is 16. The van der Waals surface area contributed by atoms with Crippen molar-refractivity contribution in [1.82, 2.24) is 0 Å². The van der Waals surface area contributed by atoms with Crippen LogP contribution in [-0.4, -0.2) is 80.9 Å². The van der Waals surface area contributed by atoms with E-state index in [9.17, 15) is 9.90 Å². The molecule has 7 unspecified atom stereocenters. The van der Waals surface area contributed by atoms with Crippen LogP contribution in [0.25, 0.3) is 0 Å². The molecule has 212 valence electrons. The smallest absolute Gasteiger partial charge is 0.308 e. The molecule has 0 radical (unpaired) electrons. The molecule has 1 saturated heterocycles. The highest BCUT2D eigenvalue weighted by Gasteiger charge is 2.50. The number of hydrogen-bond donors (Lipinski definition) is 1. The average Bonchev–Trinajstić information content (AvgIpc) is 2.87. The second kappa shape index (κ2) is 16.9. The molecule has 1 N–H and O–H groups in total. The maximum absolute atomic E-state index is 12.2. The molecular weight excluding hydrogens is 464 g/mol. The van der Waals surface area contributed by atoms with Crippen LogP contribution in [0.3, 0.4) is 0 Å². The average molecular weight is 517 g/mol.